The van der Waals surface area contributed by atoms with Gasteiger partial charge in [-0.05, 0) is 38.0 Å². The molecule has 0 spiro atoms. The quantitative estimate of drug-likeness (QED) is 0.807. The van der Waals surface area contributed by atoms with Gasteiger partial charge in [-0.3, -0.25) is 4.79 Å². The first-order valence-electron chi connectivity index (χ1n) is 7.40. The highest BCUT2D eigenvalue weighted by Gasteiger charge is 2.44. The number of nitrogens with zero attached hydrogens (tertiary/aromatic N) is 1. The summed E-state index contributed by atoms with van der Waals surface area (Å²) < 4.78 is 38.4. The molecule has 1 saturated heterocycles. The standard InChI is InChI=1S/C14H23F3N2O/c1-9-7-11(18)4-5-12(9)13(20)19-6-2-3-10(8-19)14(15,16)17/h9-12H,2-8,18H2,1H3. The molecular formula is C14H23F3N2O. The van der Waals surface area contributed by atoms with Gasteiger partial charge in [0.15, 0.2) is 0 Å². The van der Waals surface area contributed by atoms with Crippen molar-refractivity contribution in [1.29, 1.82) is 0 Å². The highest BCUT2D eigenvalue weighted by atomic mass is 19.4. The van der Waals surface area contributed by atoms with Crippen LogP contribution < -0.4 is 5.73 Å². The predicted octanol–water partition coefficient (Wildman–Crippen LogP) is 2.55. The van der Waals surface area contributed by atoms with Gasteiger partial charge in [0.1, 0.15) is 0 Å². The fraction of sp³-hybridized carbons (Fsp3) is 0.929. The molecule has 6 heteroatoms. The van der Waals surface area contributed by atoms with E-state index in [0.29, 0.717) is 19.4 Å². The Balaban J connectivity index is 1.98. The summed E-state index contributed by atoms with van der Waals surface area (Å²) in [6.07, 6.45) is -1.34. The summed E-state index contributed by atoms with van der Waals surface area (Å²) in [5.41, 5.74) is 5.87. The van der Waals surface area contributed by atoms with Crippen LogP contribution in [0.3, 0.4) is 0 Å². The highest BCUT2D eigenvalue weighted by Crippen LogP contribution is 2.36. The van der Waals surface area contributed by atoms with Gasteiger partial charge in [-0.2, -0.15) is 13.2 Å². The fourth-order valence-electron chi connectivity index (χ4n) is 3.48. The molecular weight excluding hydrogens is 269 g/mol. The van der Waals surface area contributed by atoms with Crippen molar-refractivity contribution in [3.8, 4) is 0 Å². The van der Waals surface area contributed by atoms with E-state index in [1.807, 2.05) is 6.92 Å². The molecule has 20 heavy (non-hydrogen) atoms. The number of amides is 1. The van der Waals surface area contributed by atoms with Crippen molar-refractivity contribution in [1.82, 2.24) is 4.90 Å². The number of halogens is 3. The molecule has 0 aromatic rings. The number of rotatable bonds is 1. The number of likely N-dealkylation sites (tertiary alicyclic amines) is 1. The predicted molar refractivity (Wildman–Crippen MR) is 69.8 cm³/mol. The summed E-state index contributed by atoms with van der Waals surface area (Å²) in [4.78, 5) is 13.9. The lowest BCUT2D eigenvalue weighted by Crippen LogP contribution is -2.49. The molecule has 1 heterocycles. The molecule has 1 aliphatic heterocycles. The highest BCUT2D eigenvalue weighted by molar-refractivity contribution is 5.79. The van der Waals surface area contributed by atoms with Crippen LogP contribution in [0.25, 0.3) is 0 Å². The van der Waals surface area contributed by atoms with Crippen LogP contribution in [0.5, 0.6) is 0 Å². The minimum atomic E-state index is -4.19. The number of alkyl halides is 3. The zero-order valence-corrected chi connectivity index (χ0v) is 11.8. The molecule has 2 aliphatic rings. The molecule has 1 amide bonds. The molecule has 116 valence electrons. The summed E-state index contributed by atoms with van der Waals surface area (Å²) in [7, 11) is 0. The third kappa shape index (κ3) is 3.45. The Labute approximate surface area is 117 Å². The van der Waals surface area contributed by atoms with Crippen molar-refractivity contribution < 1.29 is 18.0 Å². The van der Waals surface area contributed by atoms with E-state index in [9.17, 15) is 18.0 Å². The van der Waals surface area contributed by atoms with Crippen molar-refractivity contribution in [3.63, 3.8) is 0 Å². The molecule has 0 aromatic heterocycles. The maximum atomic E-state index is 12.8. The fourth-order valence-corrected chi connectivity index (χ4v) is 3.48. The maximum absolute atomic E-state index is 12.8. The summed E-state index contributed by atoms with van der Waals surface area (Å²) in [5, 5.41) is 0. The lowest BCUT2D eigenvalue weighted by atomic mass is 9.77. The van der Waals surface area contributed by atoms with E-state index in [0.717, 1.165) is 12.8 Å². The molecule has 4 atom stereocenters. The van der Waals surface area contributed by atoms with E-state index in [1.54, 1.807) is 0 Å². The van der Waals surface area contributed by atoms with Crippen molar-refractivity contribution >= 4 is 5.91 Å². The van der Waals surface area contributed by atoms with Gasteiger partial charge in [0.2, 0.25) is 5.91 Å². The smallest absolute Gasteiger partial charge is 0.342 e. The number of piperidine rings is 1. The van der Waals surface area contributed by atoms with E-state index in [4.69, 9.17) is 5.73 Å². The average molecular weight is 292 g/mol. The monoisotopic (exact) mass is 292 g/mol. The first-order valence-corrected chi connectivity index (χ1v) is 7.40. The summed E-state index contributed by atoms with van der Waals surface area (Å²) in [6.45, 7) is 2.27. The van der Waals surface area contributed by atoms with Crippen LogP contribution in [0, 0.1) is 17.8 Å². The van der Waals surface area contributed by atoms with Crippen LogP contribution in [-0.4, -0.2) is 36.1 Å². The van der Waals surface area contributed by atoms with Gasteiger partial charge in [-0.1, -0.05) is 6.92 Å². The summed E-state index contributed by atoms with van der Waals surface area (Å²) >= 11 is 0. The molecule has 3 nitrogen and oxygen atoms in total. The van der Waals surface area contributed by atoms with Gasteiger partial charge in [-0.15, -0.1) is 0 Å². The van der Waals surface area contributed by atoms with Crippen molar-refractivity contribution in [2.24, 2.45) is 23.5 Å². The maximum Gasteiger partial charge on any atom is 0.393 e. The first-order chi connectivity index (χ1) is 9.29. The van der Waals surface area contributed by atoms with Crippen LogP contribution in [0.1, 0.15) is 39.0 Å². The lowest BCUT2D eigenvalue weighted by molar-refractivity contribution is -0.189. The Morgan fingerprint density at radius 3 is 2.55 bits per heavy atom. The molecule has 2 rings (SSSR count). The van der Waals surface area contributed by atoms with E-state index < -0.39 is 12.1 Å². The lowest BCUT2D eigenvalue weighted by Gasteiger charge is -2.39. The van der Waals surface area contributed by atoms with Crippen molar-refractivity contribution in [3.05, 3.63) is 0 Å². The van der Waals surface area contributed by atoms with Crippen LogP contribution in [0.2, 0.25) is 0 Å². The average Bonchev–Trinajstić information content (AvgIpc) is 2.37. The van der Waals surface area contributed by atoms with Crippen LogP contribution >= 0.6 is 0 Å². The second kappa shape index (κ2) is 5.92. The number of carbonyl (C=O) groups excluding carboxylic acids is 1. The molecule has 0 aromatic carbocycles. The Morgan fingerprint density at radius 2 is 1.95 bits per heavy atom. The van der Waals surface area contributed by atoms with Gasteiger partial charge in [0, 0.05) is 25.0 Å². The second-order valence-corrected chi connectivity index (χ2v) is 6.32. The number of hydrogen-bond donors (Lipinski definition) is 1. The Kier molecular flexibility index (Phi) is 4.62. The van der Waals surface area contributed by atoms with E-state index in [1.165, 1.54) is 4.90 Å². The molecule has 1 aliphatic carbocycles. The molecule has 4 unspecified atom stereocenters. The molecule has 0 radical (unpaired) electrons. The van der Waals surface area contributed by atoms with Crippen LogP contribution in [0.15, 0.2) is 0 Å². The minimum Gasteiger partial charge on any atom is -0.342 e. The van der Waals surface area contributed by atoms with Crippen LogP contribution in [-0.2, 0) is 4.79 Å². The Hall–Kier alpha value is -0.780. The topological polar surface area (TPSA) is 46.3 Å². The van der Waals surface area contributed by atoms with Crippen molar-refractivity contribution in [2.45, 2.75) is 51.2 Å². The van der Waals surface area contributed by atoms with Crippen molar-refractivity contribution in [2.75, 3.05) is 13.1 Å². The molecule has 2 fully saturated rings. The molecule has 0 bridgehead atoms. The second-order valence-electron chi connectivity index (χ2n) is 6.32. The number of nitrogens with two attached hydrogens (primary N) is 1. The third-order valence-corrected chi connectivity index (χ3v) is 4.72. The third-order valence-electron chi connectivity index (χ3n) is 4.72. The zero-order chi connectivity index (χ0) is 14.9. The van der Waals surface area contributed by atoms with E-state index in [2.05, 4.69) is 0 Å². The SMILES string of the molecule is CC1CC(N)CCC1C(=O)N1CCCC(C(F)(F)F)C1. The Morgan fingerprint density at radius 1 is 1.25 bits per heavy atom. The van der Waals surface area contributed by atoms with Gasteiger partial charge < -0.3 is 10.6 Å². The Bertz CT molecular complexity index is 359. The molecule has 1 saturated carbocycles. The summed E-state index contributed by atoms with van der Waals surface area (Å²) in [5.74, 6) is -1.45. The van der Waals surface area contributed by atoms with E-state index in [-0.39, 0.29) is 36.8 Å². The van der Waals surface area contributed by atoms with Crippen LogP contribution in [0.4, 0.5) is 13.2 Å². The zero-order valence-electron chi connectivity index (χ0n) is 11.8. The number of carbonyl (C=O) groups is 1. The summed E-state index contributed by atoms with van der Waals surface area (Å²) in [6, 6.07) is 0.123. The van der Waals surface area contributed by atoms with Gasteiger partial charge in [0.05, 0.1) is 5.92 Å². The number of hydrogen-bond acceptors (Lipinski definition) is 2. The van der Waals surface area contributed by atoms with Gasteiger partial charge >= 0.3 is 6.18 Å². The minimum absolute atomic E-state index is 0.0987. The largest absolute Gasteiger partial charge is 0.393 e. The molecule has 2 N–H and O–H groups in total. The van der Waals surface area contributed by atoms with Gasteiger partial charge in [0.25, 0.3) is 0 Å². The normalized spacial score (nSPS) is 36.0. The first kappa shape index (κ1) is 15.6. The van der Waals surface area contributed by atoms with Gasteiger partial charge in [-0.25, -0.2) is 0 Å². The van der Waals surface area contributed by atoms with E-state index >= 15 is 0 Å².